The lowest BCUT2D eigenvalue weighted by Crippen LogP contribution is -2.44. The largest absolute Gasteiger partial charge is 0.388 e. The molecule has 1 aliphatic carbocycles. The minimum absolute atomic E-state index is 0.0678. The molecule has 9 heteroatoms. The number of benzene rings is 5. The normalized spacial score (nSPS) is 21.8. The molecule has 0 bridgehead atoms. The van der Waals surface area contributed by atoms with Gasteiger partial charge in [-0.15, -0.1) is 0 Å². The van der Waals surface area contributed by atoms with Crippen LogP contribution in [0.2, 0.25) is 0 Å². The summed E-state index contributed by atoms with van der Waals surface area (Å²) in [6.07, 6.45) is -2.85. The van der Waals surface area contributed by atoms with E-state index >= 15 is 0 Å². The smallest absolute Gasteiger partial charge is 0.278 e. The van der Waals surface area contributed by atoms with E-state index < -0.39 is 29.9 Å². The standard InChI is InChI=1S/C29H21N5O4/c30-29-32-27-23(28(38)33-29)34(11-31-27)22-21-17(24(35)26(37)25(22)36)10-13-9-8-12-4-3-7-15-14-5-1-2-6-16(14)20(21)19(13)18(12)15/h1-11,22,24-26,35-37H,(H3,30,32,33,38)/t22?,24-,25-,26+/m1/s1. The molecule has 0 spiro atoms. The van der Waals surface area contributed by atoms with Crippen molar-refractivity contribution in [3.8, 4) is 0 Å². The molecule has 0 saturated heterocycles. The predicted molar refractivity (Wildman–Crippen MR) is 145 cm³/mol. The minimum Gasteiger partial charge on any atom is -0.388 e. The predicted octanol–water partition coefficient (Wildman–Crippen LogP) is 3.11. The maximum absolute atomic E-state index is 13.0. The topological polar surface area (TPSA) is 150 Å². The van der Waals surface area contributed by atoms with Crippen LogP contribution in [0.15, 0.2) is 71.8 Å². The summed E-state index contributed by atoms with van der Waals surface area (Å²) in [5.74, 6) is -0.0678. The molecule has 0 saturated carbocycles. The van der Waals surface area contributed by atoms with Gasteiger partial charge in [-0.05, 0) is 60.3 Å². The Morgan fingerprint density at radius 2 is 1.58 bits per heavy atom. The molecule has 0 amide bonds. The molecule has 0 fully saturated rings. The number of imidazole rings is 1. The summed E-state index contributed by atoms with van der Waals surface area (Å²) in [4.78, 5) is 23.9. The number of anilines is 1. The van der Waals surface area contributed by atoms with Gasteiger partial charge < -0.3 is 25.6 Å². The summed E-state index contributed by atoms with van der Waals surface area (Å²) in [5, 5.41) is 41.7. The summed E-state index contributed by atoms with van der Waals surface area (Å²) >= 11 is 0. The molecule has 8 rings (SSSR count). The molecule has 2 aromatic heterocycles. The average molecular weight is 504 g/mol. The number of nitrogens with zero attached hydrogens (tertiary/aromatic N) is 3. The van der Waals surface area contributed by atoms with Crippen molar-refractivity contribution in [3.63, 3.8) is 0 Å². The van der Waals surface area contributed by atoms with E-state index in [9.17, 15) is 20.1 Å². The fourth-order valence-electron chi connectivity index (χ4n) is 6.52. The highest BCUT2D eigenvalue weighted by Gasteiger charge is 2.44. The number of hydrogen-bond donors (Lipinski definition) is 5. The summed E-state index contributed by atoms with van der Waals surface area (Å²) in [6, 6.07) is 19.3. The summed E-state index contributed by atoms with van der Waals surface area (Å²) in [7, 11) is 0. The summed E-state index contributed by atoms with van der Waals surface area (Å²) in [5.41, 5.74) is 6.60. The number of hydrogen-bond acceptors (Lipinski definition) is 7. The van der Waals surface area contributed by atoms with Crippen LogP contribution in [0.5, 0.6) is 0 Å². The Hall–Kier alpha value is -4.57. The first-order valence-electron chi connectivity index (χ1n) is 12.3. The zero-order chi connectivity index (χ0) is 25.9. The molecule has 0 radical (unpaired) electrons. The molecule has 38 heavy (non-hydrogen) atoms. The number of aromatic amines is 1. The van der Waals surface area contributed by atoms with Crippen LogP contribution in [0.25, 0.3) is 54.3 Å². The van der Waals surface area contributed by atoms with E-state index in [0.29, 0.717) is 11.1 Å². The summed E-state index contributed by atoms with van der Waals surface area (Å²) in [6.45, 7) is 0. The van der Waals surface area contributed by atoms with Gasteiger partial charge in [0.25, 0.3) is 5.56 Å². The number of nitrogens with two attached hydrogens (primary N) is 1. The second-order valence-corrected chi connectivity index (χ2v) is 10.0. The van der Waals surface area contributed by atoms with Crippen molar-refractivity contribution in [3.05, 3.63) is 88.5 Å². The number of rotatable bonds is 1. The van der Waals surface area contributed by atoms with Crippen LogP contribution in [0, 0.1) is 0 Å². The van der Waals surface area contributed by atoms with E-state index in [1.165, 1.54) is 10.9 Å². The van der Waals surface area contributed by atoms with E-state index in [1.54, 1.807) is 0 Å². The molecule has 6 N–H and O–H groups in total. The average Bonchev–Trinajstić information content (AvgIpc) is 3.34. The zero-order valence-electron chi connectivity index (χ0n) is 19.8. The van der Waals surface area contributed by atoms with E-state index in [0.717, 1.165) is 43.1 Å². The Bertz CT molecular complexity index is 2150. The lowest BCUT2D eigenvalue weighted by Gasteiger charge is -2.39. The molecule has 7 aromatic rings. The Kier molecular flexibility index (Phi) is 4.11. The van der Waals surface area contributed by atoms with Gasteiger partial charge in [0.1, 0.15) is 18.3 Å². The monoisotopic (exact) mass is 503 g/mol. The minimum atomic E-state index is -1.50. The van der Waals surface area contributed by atoms with Gasteiger partial charge in [0.05, 0.1) is 12.4 Å². The van der Waals surface area contributed by atoms with Crippen LogP contribution in [-0.4, -0.2) is 47.0 Å². The molecule has 0 aliphatic heterocycles. The Morgan fingerprint density at radius 3 is 2.42 bits per heavy atom. The molecular formula is C29H21N5O4. The van der Waals surface area contributed by atoms with Crippen LogP contribution in [-0.2, 0) is 0 Å². The summed E-state index contributed by atoms with van der Waals surface area (Å²) < 4.78 is 1.53. The third-order valence-corrected chi connectivity index (χ3v) is 8.07. The molecule has 1 aliphatic rings. The van der Waals surface area contributed by atoms with Crippen molar-refractivity contribution in [1.29, 1.82) is 0 Å². The first kappa shape index (κ1) is 21.5. The van der Waals surface area contributed by atoms with E-state index in [-0.39, 0.29) is 17.1 Å². The molecule has 186 valence electrons. The SMILES string of the molecule is Nc1nc2ncn(C3c4c(cc5ccc6cccc7c8ccccc8c4c5c67)[C@@H](O)[C@H](O)[C@@H]3O)c2c(=O)[nH]1. The van der Waals surface area contributed by atoms with E-state index in [4.69, 9.17) is 5.73 Å². The second kappa shape index (κ2) is 7.26. The number of H-pyrrole nitrogens is 1. The highest BCUT2D eigenvalue weighted by Crippen LogP contribution is 2.49. The van der Waals surface area contributed by atoms with Gasteiger partial charge in [0, 0.05) is 0 Å². The first-order chi connectivity index (χ1) is 18.4. The van der Waals surface area contributed by atoms with Gasteiger partial charge >= 0.3 is 0 Å². The third kappa shape index (κ3) is 2.57. The fraction of sp³-hybridized carbons (Fsp3) is 0.138. The Morgan fingerprint density at radius 1 is 0.842 bits per heavy atom. The highest BCUT2D eigenvalue weighted by atomic mass is 16.4. The molecule has 1 unspecified atom stereocenters. The van der Waals surface area contributed by atoms with Gasteiger partial charge in [-0.1, -0.05) is 54.6 Å². The Labute approximate surface area is 213 Å². The second-order valence-electron chi connectivity index (χ2n) is 10.0. The van der Waals surface area contributed by atoms with E-state index in [2.05, 4.69) is 39.2 Å². The molecular weight excluding hydrogens is 482 g/mol. The van der Waals surface area contributed by atoms with Crippen molar-refractivity contribution in [2.24, 2.45) is 0 Å². The molecule has 2 heterocycles. The number of aromatic nitrogens is 4. The van der Waals surface area contributed by atoms with Crippen molar-refractivity contribution in [2.45, 2.75) is 24.4 Å². The van der Waals surface area contributed by atoms with Crippen LogP contribution in [0.1, 0.15) is 23.3 Å². The number of aliphatic hydroxyl groups excluding tert-OH is 3. The lowest BCUT2D eigenvalue weighted by molar-refractivity contribution is -0.0834. The highest BCUT2D eigenvalue weighted by molar-refractivity contribution is 6.34. The maximum atomic E-state index is 13.0. The molecule has 5 aromatic carbocycles. The zero-order valence-corrected chi connectivity index (χ0v) is 19.8. The van der Waals surface area contributed by atoms with Crippen LogP contribution < -0.4 is 11.3 Å². The van der Waals surface area contributed by atoms with Gasteiger partial charge in [0.15, 0.2) is 11.2 Å². The van der Waals surface area contributed by atoms with Crippen LogP contribution in [0.4, 0.5) is 5.95 Å². The van der Waals surface area contributed by atoms with Crippen molar-refractivity contribution in [1.82, 2.24) is 19.5 Å². The lowest BCUT2D eigenvalue weighted by atomic mass is 9.76. The Balaban J connectivity index is 1.62. The van der Waals surface area contributed by atoms with E-state index in [1.807, 2.05) is 36.4 Å². The number of nitrogens with one attached hydrogen (secondary N) is 1. The first-order valence-corrected chi connectivity index (χ1v) is 12.3. The fourth-order valence-corrected chi connectivity index (χ4v) is 6.52. The van der Waals surface area contributed by atoms with Crippen molar-refractivity contribution in [2.75, 3.05) is 5.73 Å². The maximum Gasteiger partial charge on any atom is 0.278 e. The van der Waals surface area contributed by atoms with Gasteiger partial charge in [-0.3, -0.25) is 9.78 Å². The number of aliphatic hydroxyl groups is 3. The third-order valence-electron chi connectivity index (χ3n) is 8.07. The van der Waals surface area contributed by atoms with Crippen molar-refractivity contribution < 1.29 is 15.3 Å². The quantitative estimate of drug-likeness (QED) is 0.171. The van der Waals surface area contributed by atoms with Crippen molar-refractivity contribution >= 4 is 60.2 Å². The van der Waals surface area contributed by atoms with Gasteiger partial charge in [-0.2, -0.15) is 4.98 Å². The van der Waals surface area contributed by atoms with Gasteiger partial charge in [-0.25, -0.2) is 4.98 Å². The van der Waals surface area contributed by atoms with Crippen LogP contribution >= 0.6 is 0 Å². The number of nitrogen functional groups attached to an aromatic ring is 1. The van der Waals surface area contributed by atoms with Crippen LogP contribution in [0.3, 0.4) is 0 Å². The number of fused-ring (bicyclic) bond motifs is 6. The molecule has 9 nitrogen and oxygen atoms in total. The molecule has 4 atom stereocenters. The van der Waals surface area contributed by atoms with Gasteiger partial charge in [0.2, 0.25) is 5.95 Å².